The first kappa shape index (κ1) is 18.5. The Morgan fingerprint density at radius 3 is 2.77 bits per heavy atom. The van der Waals surface area contributed by atoms with Crippen LogP contribution in [0, 0.1) is 6.92 Å². The van der Waals surface area contributed by atoms with E-state index in [-0.39, 0.29) is 0 Å². The third-order valence-corrected chi connectivity index (χ3v) is 4.64. The topological polar surface area (TPSA) is 70.6 Å². The Kier molecular flexibility index (Phi) is 6.35. The van der Waals surface area contributed by atoms with Crippen molar-refractivity contribution in [2.45, 2.75) is 19.9 Å². The van der Waals surface area contributed by atoms with Gasteiger partial charge in [-0.1, -0.05) is 11.6 Å². The highest BCUT2D eigenvalue weighted by Gasteiger charge is 2.17. The maximum atomic E-state index is 10.9. The highest BCUT2D eigenvalue weighted by molar-refractivity contribution is 5.89. The average Bonchev–Trinajstić information content (AvgIpc) is 2.66. The summed E-state index contributed by atoms with van der Waals surface area (Å²) in [5.41, 5.74) is 2.15. The average molecular weight is 357 g/mol. The molecule has 1 aromatic heterocycles. The van der Waals surface area contributed by atoms with Crippen LogP contribution in [0.25, 0.3) is 10.9 Å². The Labute approximate surface area is 154 Å². The molecular formula is C19H27N5O2. The van der Waals surface area contributed by atoms with Crippen LogP contribution in [-0.2, 0) is 16.1 Å². The third kappa shape index (κ3) is 4.68. The van der Waals surface area contributed by atoms with Crippen LogP contribution in [0.5, 0.6) is 0 Å². The molecule has 2 heterocycles. The lowest BCUT2D eigenvalue weighted by Crippen LogP contribution is -2.45. The number of piperazine rings is 1. The summed E-state index contributed by atoms with van der Waals surface area (Å²) in [5.74, 6) is 1.70. The number of fused-ring (bicyclic) bond motifs is 1. The Morgan fingerprint density at radius 1 is 1.23 bits per heavy atom. The molecule has 26 heavy (non-hydrogen) atoms. The van der Waals surface area contributed by atoms with Gasteiger partial charge in [0.1, 0.15) is 11.6 Å². The smallest absolute Gasteiger partial charge is 0.209 e. The summed E-state index contributed by atoms with van der Waals surface area (Å²) >= 11 is 0. The minimum Gasteiger partial charge on any atom is -0.385 e. The van der Waals surface area contributed by atoms with E-state index in [0.29, 0.717) is 6.54 Å². The molecule has 7 heteroatoms. The number of hydrogen-bond acceptors (Lipinski definition) is 6. The van der Waals surface area contributed by atoms with Gasteiger partial charge in [-0.3, -0.25) is 9.69 Å². The number of rotatable bonds is 8. The van der Waals surface area contributed by atoms with Gasteiger partial charge in [0, 0.05) is 51.8 Å². The number of carbonyl (C=O) groups is 1. The minimum atomic E-state index is 0.698. The summed E-state index contributed by atoms with van der Waals surface area (Å²) in [6.45, 7) is 7.54. The number of nitrogens with one attached hydrogen (secondary N) is 1. The van der Waals surface area contributed by atoms with Gasteiger partial charge in [0.25, 0.3) is 0 Å². The fourth-order valence-corrected chi connectivity index (χ4v) is 3.15. The molecule has 1 aliphatic heterocycles. The van der Waals surface area contributed by atoms with Crippen LogP contribution in [0.2, 0.25) is 0 Å². The molecule has 140 valence electrons. The SMILES string of the molecule is COCCCNc1nc(CN2CCN(C=O)CC2)nc2ccc(C)cc12. The van der Waals surface area contributed by atoms with Crippen molar-refractivity contribution in [2.24, 2.45) is 0 Å². The molecular weight excluding hydrogens is 330 g/mol. The second-order valence-corrected chi connectivity index (χ2v) is 6.70. The molecule has 0 atom stereocenters. The van der Waals surface area contributed by atoms with E-state index in [4.69, 9.17) is 14.7 Å². The number of benzene rings is 1. The van der Waals surface area contributed by atoms with Crippen molar-refractivity contribution in [2.75, 3.05) is 51.8 Å². The zero-order chi connectivity index (χ0) is 18.4. The lowest BCUT2D eigenvalue weighted by Gasteiger charge is -2.32. The molecule has 1 fully saturated rings. The monoisotopic (exact) mass is 357 g/mol. The molecule has 1 aliphatic rings. The predicted octanol–water partition coefficient (Wildman–Crippen LogP) is 1.66. The molecule has 0 radical (unpaired) electrons. The zero-order valence-corrected chi connectivity index (χ0v) is 15.6. The molecule has 1 saturated heterocycles. The zero-order valence-electron chi connectivity index (χ0n) is 15.6. The first-order chi connectivity index (χ1) is 12.7. The number of amides is 1. The van der Waals surface area contributed by atoms with Crippen molar-refractivity contribution >= 4 is 23.1 Å². The molecule has 3 rings (SSSR count). The van der Waals surface area contributed by atoms with Gasteiger partial charge in [-0.05, 0) is 25.5 Å². The Morgan fingerprint density at radius 2 is 2.04 bits per heavy atom. The van der Waals surface area contributed by atoms with Crippen LogP contribution >= 0.6 is 0 Å². The van der Waals surface area contributed by atoms with E-state index in [1.165, 1.54) is 5.56 Å². The maximum absolute atomic E-state index is 10.9. The van der Waals surface area contributed by atoms with E-state index < -0.39 is 0 Å². The van der Waals surface area contributed by atoms with Crippen LogP contribution in [0.1, 0.15) is 17.8 Å². The summed E-state index contributed by atoms with van der Waals surface area (Å²) in [7, 11) is 1.71. The number of methoxy groups -OCH3 is 1. The molecule has 0 spiro atoms. The summed E-state index contributed by atoms with van der Waals surface area (Å²) in [5, 5.41) is 4.49. The van der Waals surface area contributed by atoms with E-state index in [0.717, 1.165) is 74.7 Å². The largest absolute Gasteiger partial charge is 0.385 e. The highest BCUT2D eigenvalue weighted by Crippen LogP contribution is 2.22. The third-order valence-electron chi connectivity index (χ3n) is 4.64. The van der Waals surface area contributed by atoms with Gasteiger partial charge < -0.3 is 15.0 Å². The fraction of sp³-hybridized carbons (Fsp3) is 0.526. The number of anilines is 1. The lowest BCUT2D eigenvalue weighted by atomic mass is 10.1. The van der Waals surface area contributed by atoms with Crippen molar-refractivity contribution < 1.29 is 9.53 Å². The molecule has 1 N–H and O–H groups in total. The Balaban J connectivity index is 1.77. The van der Waals surface area contributed by atoms with E-state index in [9.17, 15) is 4.79 Å². The number of nitrogens with zero attached hydrogens (tertiary/aromatic N) is 4. The normalized spacial score (nSPS) is 15.4. The predicted molar refractivity (Wildman–Crippen MR) is 102 cm³/mol. The molecule has 0 bridgehead atoms. The summed E-state index contributed by atoms with van der Waals surface area (Å²) in [6, 6.07) is 6.26. The molecule has 2 aromatic rings. The summed E-state index contributed by atoms with van der Waals surface area (Å²) < 4.78 is 5.12. The van der Waals surface area contributed by atoms with Crippen LogP contribution in [0.15, 0.2) is 18.2 Å². The summed E-state index contributed by atoms with van der Waals surface area (Å²) in [6.07, 6.45) is 1.85. The standard InChI is InChI=1S/C19H27N5O2/c1-15-4-5-17-16(12-15)19(20-6-3-11-26-2)22-18(21-17)13-23-7-9-24(14-25)10-8-23/h4-5,12,14H,3,6-11,13H2,1-2H3,(H,20,21,22). The van der Waals surface area contributed by atoms with Gasteiger partial charge >= 0.3 is 0 Å². The molecule has 0 aliphatic carbocycles. The molecule has 7 nitrogen and oxygen atoms in total. The van der Waals surface area contributed by atoms with Crippen molar-refractivity contribution in [3.63, 3.8) is 0 Å². The molecule has 1 aromatic carbocycles. The number of aryl methyl sites for hydroxylation is 1. The Bertz CT molecular complexity index is 744. The maximum Gasteiger partial charge on any atom is 0.209 e. The second kappa shape index (κ2) is 8.91. The van der Waals surface area contributed by atoms with Crippen molar-refractivity contribution in [1.82, 2.24) is 19.8 Å². The molecule has 0 saturated carbocycles. The van der Waals surface area contributed by atoms with Crippen molar-refractivity contribution in [3.8, 4) is 0 Å². The summed E-state index contributed by atoms with van der Waals surface area (Å²) in [4.78, 5) is 24.5. The number of ether oxygens (including phenoxy) is 1. The lowest BCUT2D eigenvalue weighted by molar-refractivity contribution is -0.119. The molecule has 0 unspecified atom stereocenters. The number of aromatic nitrogens is 2. The van der Waals surface area contributed by atoms with E-state index in [1.54, 1.807) is 7.11 Å². The second-order valence-electron chi connectivity index (χ2n) is 6.70. The van der Waals surface area contributed by atoms with Crippen LogP contribution in [-0.4, -0.2) is 72.6 Å². The van der Waals surface area contributed by atoms with Gasteiger partial charge in [0.15, 0.2) is 0 Å². The minimum absolute atomic E-state index is 0.698. The highest BCUT2D eigenvalue weighted by atomic mass is 16.5. The quantitative estimate of drug-likeness (QED) is 0.572. The van der Waals surface area contributed by atoms with E-state index in [1.807, 2.05) is 4.90 Å². The van der Waals surface area contributed by atoms with Crippen LogP contribution in [0.3, 0.4) is 0 Å². The molecule has 1 amide bonds. The van der Waals surface area contributed by atoms with Gasteiger partial charge in [-0.2, -0.15) is 0 Å². The van der Waals surface area contributed by atoms with Crippen LogP contribution in [0.4, 0.5) is 5.82 Å². The first-order valence-corrected chi connectivity index (χ1v) is 9.11. The van der Waals surface area contributed by atoms with Crippen molar-refractivity contribution in [3.05, 3.63) is 29.6 Å². The Hall–Kier alpha value is -2.25. The number of carbonyl (C=O) groups excluding carboxylic acids is 1. The first-order valence-electron chi connectivity index (χ1n) is 9.11. The van der Waals surface area contributed by atoms with Gasteiger partial charge in [0.2, 0.25) is 6.41 Å². The van der Waals surface area contributed by atoms with Gasteiger partial charge in [-0.25, -0.2) is 9.97 Å². The van der Waals surface area contributed by atoms with E-state index >= 15 is 0 Å². The number of hydrogen-bond donors (Lipinski definition) is 1. The van der Waals surface area contributed by atoms with Gasteiger partial charge in [-0.15, -0.1) is 0 Å². The van der Waals surface area contributed by atoms with Gasteiger partial charge in [0.05, 0.1) is 12.1 Å². The van der Waals surface area contributed by atoms with Crippen molar-refractivity contribution in [1.29, 1.82) is 0 Å². The fourth-order valence-electron chi connectivity index (χ4n) is 3.15. The van der Waals surface area contributed by atoms with Crippen LogP contribution < -0.4 is 5.32 Å². The van der Waals surface area contributed by atoms with E-state index in [2.05, 4.69) is 35.3 Å².